The molecule has 0 radical (unpaired) electrons. The molecule has 0 saturated carbocycles. The van der Waals surface area contributed by atoms with Gasteiger partial charge in [-0.05, 0) is 32.3 Å². The SMILES string of the molecule is Cc1sc2ncn(CC(=O)N3CCCCC3)c(=O)c2c1S(=O)(=O)N1CCN(c2ncccn2)CC1. The van der Waals surface area contributed by atoms with Crippen LogP contribution in [0.2, 0.25) is 0 Å². The lowest BCUT2D eigenvalue weighted by atomic mass is 10.1. The van der Waals surface area contributed by atoms with E-state index < -0.39 is 15.6 Å². The lowest BCUT2D eigenvalue weighted by Crippen LogP contribution is -2.49. The van der Waals surface area contributed by atoms with Gasteiger partial charge in [-0.3, -0.25) is 14.2 Å². The van der Waals surface area contributed by atoms with Gasteiger partial charge >= 0.3 is 0 Å². The Kier molecular flexibility index (Phi) is 6.55. The van der Waals surface area contributed by atoms with E-state index in [1.54, 1.807) is 30.3 Å². The molecule has 186 valence electrons. The first-order valence-electron chi connectivity index (χ1n) is 11.6. The quantitative estimate of drug-likeness (QED) is 0.493. The maximum Gasteiger partial charge on any atom is 0.263 e. The van der Waals surface area contributed by atoms with E-state index in [0.29, 0.717) is 41.8 Å². The molecule has 3 aromatic heterocycles. The molecular weight excluding hydrogens is 490 g/mol. The van der Waals surface area contributed by atoms with Crippen LogP contribution in [0.3, 0.4) is 0 Å². The van der Waals surface area contributed by atoms with Gasteiger partial charge in [0.05, 0.1) is 11.7 Å². The van der Waals surface area contributed by atoms with E-state index in [2.05, 4.69) is 15.0 Å². The number of fused-ring (bicyclic) bond motifs is 1. The van der Waals surface area contributed by atoms with Crippen LogP contribution in [0, 0.1) is 6.92 Å². The molecular formula is C22H27N7O4S2. The molecule has 1 amide bonds. The van der Waals surface area contributed by atoms with Crippen molar-refractivity contribution in [2.75, 3.05) is 44.2 Å². The molecule has 0 unspecified atom stereocenters. The van der Waals surface area contributed by atoms with E-state index >= 15 is 0 Å². The van der Waals surface area contributed by atoms with E-state index in [1.807, 2.05) is 4.90 Å². The number of aromatic nitrogens is 4. The first-order chi connectivity index (χ1) is 16.9. The van der Waals surface area contributed by atoms with Gasteiger partial charge in [0.2, 0.25) is 21.9 Å². The van der Waals surface area contributed by atoms with Gasteiger partial charge < -0.3 is 9.80 Å². The van der Waals surface area contributed by atoms with Gasteiger partial charge in [0.1, 0.15) is 16.3 Å². The molecule has 0 bridgehead atoms. The topological polar surface area (TPSA) is 122 Å². The van der Waals surface area contributed by atoms with Gasteiger partial charge in [0.25, 0.3) is 5.56 Å². The van der Waals surface area contributed by atoms with Crippen LogP contribution in [-0.2, 0) is 21.4 Å². The number of carbonyl (C=O) groups excluding carboxylic acids is 1. The summed E-state index contributed by atoms with van der Waals surface area (Å²) < 4.78 is 30.0. The van der Waals surface area contributed by atoms with Crippen LogP contribution in [0.1, 0.15) is 24.1 Å². The molecule has 13 heteroatoms. The summed E-state index contributed by atoms with van der Waals surface area (Å²) in [5.41, 5.74) is -0.500. The molecule has 5 rings (SSSR count). The van der Waals surface area contributed by atoms with Gasteiger partial charge in [0.15, 0.2) is 0 Å². The predicted molar refractivity (Wildman–Crippen MR) is 132 cm³/mol. The first-order valence-corrected chi connectivity index (χ1v) is 13.9. The van der Waals surface area contributed by atoms with E-state index in [0.717, 1.165) is 19.3 Å². The fourth-order valence-electron chi connectivity index (χ4n) is 4.64. The average Bonchev–Trinajstić information content (AvgIpc) is 3.24. The Morgan fingerprint density at radius 3 is 2.37 bits per heavy atom. The van der Waals surface area contributed by atoms with Gasteiger partial charge in [-0.15, -0.1) is 11.3 Å². The van der Waals surface area contributed by atoms with Crippen molar-refractivity contribution in [1.82, 2.24) is 28.7 Å². The number of aryl methyl sites for hydroxylation is 1. The first kappa shape index (κ1) is 23.8. The van der Waals surface area contributed by atoms with Crippen LogP contribution in [-0.4, -0.2) is 82.3 Å². The van der Waals surface area contributed by atoms with Crippen molar-refractivity contribution < 1.29 is 13.2 Å². The maximum absolute atomic E-state index is 13.7. The Labute approximate surface area is 207 Å². The molecule has 0 spiro atoms. The third-order valence-corrected chi connectivity index (χ3v) is 9.70. The van der Waals surface area contributed by atoms with Crippen molar-refractivity contribution in [2.24, 2.45) is 0 Å². The minimum absolute atomic E-state index is 0.000757. The minimum atomic E-state index is -3.94. The third-order valence-electron chi connectivity index (χ3n) is 6.49. The van der Waals surface area contributed by atoms with Gasteiger partial charge in [-0.25, -0.2) is 23.4 Å². The number of sulfonamides is 1. The second-order valence-electron chi connectivity index (χ2n) is 8.73. The molecule has 2 fully saturated rings. The Bertz CT molecular complexity index is 1390. The second-order valence-corrected chi connectivity index (χ2v) is 11.8. The van der Waals surface area contributed by atoms with Crippen LogP contribution in [0.4, 0.5) is 5.95 Å². The summed E-state index contributed by atoms with van der Waals surface area (Å²) in [4.78, 5) is 43.5. The van der Waals surface area contributed by atoms with Crippen LogP contribution >= 0.6 is 11.3 Å². The van der Waals surface area contributed by atoms with Gasteiger partial charge in [-0.2, -0.15) is 4.31 Å². The Hall–Kier alpha value is -2.90. The maximum atomic E-state index is 13.7. The van der Waals surface area contributed by atoms with Crippen molar-refractivity contribution in [2.45, 2.75) is 37.6 Å². The number of carbonyl (C=O) groups is 1. The summed E-state index contributed by atoms with van der Waals surface area (Å²) in [6, 6.07) is 1.73. The fraction of sp³-hybridized carbons (Fsp3) is 0.500. The summed E-state index contributed by atoms with van der Waals surface area (Å²) in [5, 5.41) is 0.0651. The summed E-state index contributed by atoms with van der Waals surface area (Å²) >= 11 is 1.18. The molecule has 0 atom stereocenters. The van der Waals surface area contributed by atoms with E-state index in [4.69, 9.17) is 0 Å². The molecule has 2 aliphatic heterocycles. The van der Waals surface area contributed by atoms with Crippen LogP contribution in [0.15, 0.2) is 34.5 Å². The number of piperidine rings is 1. The predicted octanol–water partition coefficient (Wildman–Crippen LogP) is 1.08. The minimum Gasteiger partial charge on any atom is -0.341 e. The van der Waals surface area contributed by atoms with Gasteiger partial charge in [0, 0.05) is 56.5 Å². The van der Waals surface area contributed by atoms with Crippen molar-refractivity contribution in [3.8, 4) is 0 Å². The Morgan fingerprint density at radius 2 is 1.69 bits per heavy atom. The highest BCUT2D eigenvalue weighted by atomic mass is 32.2. The zero-order valence-electron chi connectivity index (χ0n) is 19.5. The van der Waals surface area contributed by atoms with Crippen LogP contribution in [0.5, 0.6) is 0 Å². The molecule has 5 heterocycles. The van der Waals surface area contributed by atoms with Crippen LogP contribution in [0.25, 0.3) is 10.2 Å². The normalized spacial score (nSPS) is 17.7. The van der Waals surface area contributed by atoms with Crippen molar-refractivity contribution in [1.29, 1.82) is 0 Å². The second kappa shape index (κ2) is 9.63. The summed E-state index contributed by atoms with van der Waals surface area (Å²) in [6.45, 7) is 4.29. The van der Waals surface area contributed by atoms with E-state index in [9.17, 15) is 18.0 Å². The molecule has 35 heavy (non-hydrogen) atoms. The number of piperazine rings is 1. The number of thiophene rings is 1. The summed E-state index contributed by atoms with van der Waals surface area (Å²) in [6.07, 6.45) is 7.65. The van der Waals surface area contributed by atoms with Gasteiger partial charge in [-0.1, -0.05) is 0 Å². The lowest BCUT2D eigenvalue weighted by molar-refractivity contribution is -0.132. The zero-order valence-corrected chi connectivity index (χ0v) is 21.1. The van der Waals surface area contributed by atoms with E-state index in [1.165, 1.54) is 26.5 Å². The molecule has 0 aliphatic carbocycles. The number of hydrogen-bond donors (Lipinski definition) is 0. The Balaban J connectivity index is 1.42. The number of rotatable bonds is 5. The largest absolute Gasteiger partial charge is 0.341 e. The number of amides is 1. The van der Waals surface area contributed by atoms with Crippen molar-refractivity contribution in [3.05, 3.63) is 40.0 Å². The summed E-state index contributed by atoms with van der Waals surface area (Å²) in [5.74, 6) is 0.413. The smallest absolute Gasteiger partial charge is 0.263 e. The highest BCUT2D eigenvalue weighted by molar-refractivity contribution is 7.89. The fourth-order valence-corrected chi connectivity index (χ4v) is 7.73. The average molecular weight is 518 g/mol. The Morgan fingerprint density at radius 1 is 1.00 bits per heavy atom. The zero-order chi connectivity index (χ0) is 24.6. The van der Waals surface area contributed by atoms with Crippen molar-refractivity contribution >= 4 is 43.4 Å². The number of anilines is 1. The van der Waals surface area contributed by atoms with Crippen LogP contribution < -0.4 is 10.5 Å². The van der Waals surface area contributed by atoms with Crippen molar-refractivity contribution in [3.63, 3.8) is 0 Å². The molecule has 3 aromatic rings. The molecule has 2 aliphatic rings. The lowest BCUT2D eigenvalue weighted by Gasteiger charge is -2.33. The number of hydrogen-bond acceptors (Lipinski definition) is 9. The number of likely N-dealkylation sites (tertiary alicyclic amines) is 1. The monoisotopic (exact) mass is 517 g/mol. The van der Waals surface area contributed by atoms with E-state index in [-0.39, 0.29) is 35.8 Å². The molecule has 11 nitrogen and oxygen atoms in total. The molecule has 2 saturated heterocycles. The standard InChI is InChI=1S/C22H27N7O4S2/c1-16-19(35(32,33)29-12-10-27(11-13-29)22-23-6-5-7-24-22)18-20(34-16)25-15-28(21(18)31)14-17(30)26-8-3-2-4-9-26/h5-7,15H,2-4,8-14H2,1H3. The summed E-state index contributed by atoms with van der Waals surface area (Å²) in [7, 11) is -3.94. The third kappa shape index (κ3) is 4.55. The molecule has 0 aromatic carbocycles. The number of nitrogens with zero attached hydrogens (tertiary/aromatic N) is 7. The highest BCUT2D eigenvalue weighted by Crippen LogP contribution is 2.33. The highest BCUT2D eigenvalue weighted by Gasteiger charge is 2.34. The molecule has 0 N–H and O–H groups in total.